The summed E-state index contributed by atoms with van der Waals surface area (Å²) in [6.07, 6.45) is 0.137. The molecule has 1 aliphatic heterocycles. The van der Waals surface area contributed by atoms with Gasteiger partial charge in [0.05, 0.1) is 25.3 Å². The molecule has 1 amide bonds. The summed E-state index contributed by atoms with van der Waals surface area (Å²) >= 11 is 0. The fraction of sp³-hybridized carbons (Fsp3) is 0.429. The zero-order chi connectivity index (χ0) is 13.7. The molecular formula is C14H18N2O3. The summed E-state index contributed by atoms with van der Waals surface area (Å²) in [6.45, 7) is 4.65. The van der Waals surface area contributed by atoms with Crippen LogP contribution in [0.2, 0.25) is 0 Å². The van der Waals surface area contributed by atoms with Gasteiger partial charge in [-0.25, -0.2) is 5.43 Å². The summed E-state index contributed by atoms with van der Waals surface area (Å²) in [5, 5.41) is 4.07. The van der Waals surface area contributed by atoms with Gasteiger partial charge in [-0.05, 0) is 19.4 Å². The number of nitrogens with one attached hydrogen (secondary N) is 1. The van der Waals surface area contributed by atoms with Crippen molar-refractivity contribution in [1.29, 1.82) is 0 Å². The summed E-state index contributed by atoms with van der Waals surface area (Å²) in [6, 6.07) is 9.67. The van der Waals surface area contributed by atoms with Crippen molar-refractivity contribution in [2.75, 3.05) is 13.2 Å². The van der Waals surface area contributed by atoms with Crippen molar-refractivity contribution < 1.29 is 14.3 Å². The first kappa shape index (κ1) is 13.7. The highest BCUT2D eigenvalue weighted by Crippen LogP contribution is 2.22. The Morgan fingerprint density at radius 2 is 1.95 bits per heavy atom. The summed E-state index contributed by atoms with van der Waals surface area (Å²) in [7, 11) is 0. The van der Waals surface area contributed by atoms with Crippen LogP contribution in [-0.4, -0.2) is 30.6 Å². The number of ether oxygens (including phenoxy) is 2. The Morgan fingerprint density at radius 3 is 2.58 bits per heavy atom. The molecule has 1 N–H and O–H groups in total. The van der Waals surface area contributed by atoms with Gasteiger partial charge in [0.2, 0.25) is 5.91 Å². The van der Waals surface area contributed by atoms with Crippen LogP contribution in [0.5, 0.6) is 0 Å². The van der Waals surface area contributed by atoms with Crippen LogP contribution < -0.4 is 5.43 Å². The number of hydrazone groups is 1. The molecule has 0 saturated carbocycles. The van der Waals surface area contributed by atoms with Gasteiger partial charge in [0, 0.05) is 0 Å². The molecule has 2 rings (SSSR count). The summed E-state index contributed by atoms with van der Waals surface area (Å²) in [4.78, 5) is 11.8. The maximum atomic E-state index is 11.8. The van der Waals surface area contributed by atoms with Crippen molar-refractivity contribution in [3.05, 3.63) is 35.9 Å². The van der Waals surface area contributed by atoms with Crippen LogP contribution in [0.1, 0.15) is 25.8 Å². The Bertz CT molecular complexity index is 465. The van der Waals surface area contributed by atoms with E-state index in [0.29, 0.717) is 13.2 Å². The topological polar surface area (TPSA) is 59.9 Å². The molecule has 0 atom stereocenters. The highest BCUT2D eigenvalue weighted by Gasteiger charge is 2.33. The van der Waals surface area contributed by atoms with Crippen LogP contribution in [-0.2, 0) is 14.3 Å². The van der Waals surface area contributed by atoms with Gasteiger partial charge in [0.1, 0.15) is 0 Å². The number of rotatable bonds is 4. The monoisotopic (exact) mass is 262 g/mol. The van der Waals surface area contributed by atoms with E-state index in [1.54, 1.807) is 6.92 Å². The van der Waals surface area contributed by atoms with Crippen molar-refractivity contribution >= 4 is 11.6 Å². The molecule has 1 aromatic carbocycles. The predicted octanol–water partition coefficient (Wildman–Crippen LogP) is 1.68. The lowest BCUT2D eigenvalue weighted by molar-refractivity contribution is -0.159. The third-order valence-electron chi connectivity index (χ3n) is 2.92. The number of benzene rings is 1. The highest BCUT2D eigenvalue weighted by atomic mass is 16.7. The summed E-state index contributed by atoms with van der Waals surface area (Å²) < 4.78 is 10.7. The quantitative estimate of drug-likeness (QED) is 0.663. The molecule has 0 aromatic heterocycles. The van der Waals surface area contributed by atoms with E-state index < -0.39 is 5.79 Å². The van der Waals surface area contributed by atoms with Gasteiger partial charge < -0.3 is 9.47 Å². The average molecular weight is 262 g/mol. The van der Waals surface area contributed by atoms with Gasteiger partial charge in [-0.2, -0.15) is 5.10 Å². The van der Waals surface area contributed by atoms with Crippen LogP contribution >= 0.6 is 0 Å². The normalized spacial score (nSPS) is 18.3. The van der Waals surface area contributed by atoms with E-state index in [0.717, 1.165) is 11.3 Å². The second-order valence-corrected chi connectivity index (χ2v) is 4.61. The molecule has 1 aromatic rings. The Kier molecular flexibility index (Phi) is 4.29. The molecule has 0 bridgehead atoms. The molecule has 1 aliphatic rings. The van der Waals surface area contributed by atoms with Crippen molar-refractivity contribution in [1.82, 2.24) is 5.43 Å². The zero-order valence-corrected chi connectivity index (χ0v) is 11.2. The van der Waals surface area contributed by atoms with Gasteiger partial charge in [-0.3, -0.25) is 4.79 Å². The molecule has 1 fully saturated rings. The number of hydrogen-bond donors (Lipinski definition) is 1. The lowest BCUT2D eigenvalue weighted by Gasteiger charge is -2.20. The van der Waals surface area contributed by atoms with Gasteiger partial charge in [-0.15, -0.1) is 0 Å². The minimum atomic E-state index is -0.819. The molecule has 0 spiro atoms. The van der Waals surface area contributed by atoms with E-state index in [-0.39, 0.29) is 12.3 Å². The molecular weight excluding hydrogens is 244 g/mol. The molecule has 19 heavy (non-hydrogen) atoms. The maximum absolute atomic E-state index is 11.8. The minimum absolute atomic E-state index is 0.137. The Hall–Kier alpha value is -1.72. The van der Waals surface area contributed by atoms with E-state index in [2.05, 4.69) is 10.5 Å². The second kappa shape index (κ2) is 5.95. The number of hydrogen-bond acceptors (Lipinski definition) is 4. The third-order valence-corrected chi connectivity index (χ3v) is 2.92. The van der Waals surface area contributed by atoms with E-state index in [9.17, 15) is 4.79 Å². The summed E-state index contributed by atoms with van der Waals surface area (Å²) in [5.74, 6) is -1.04. The molecule has 1 heterocycles. The highest BCUT2D eigenvalue weighted by molar-refractivity contribution is 5.99. The van der Waals surface area contributed by atoms with Gasteiger partial charge >= 0.3 is 0 Å². The first-order valence-corrected chi connectivity index (χ1v) is 6.25. The second-order valence-electron chi connectivity index (χ2n) is 4.61. The molecule has 102 valence electrons. The van der Waals surface area contributed by atoms with Gasteiger partial charge in [0.25, 0.3) is 0 Å². The van der Waals surface area contributed by atoms with Crippen LogP contribution in [0.25, 0.3) is 0 Å². The van der Waals surface area contributed by atoms with Crippen molar-refractivity contribution in [3.63, 3.8) is 0 Å². The third kappa shape index (κ3) is 3.87. The Labute approximate surface area is 112 Å². The van der Waals surface area contributed by atoms with Crippen molar-refractivity contribution in [2.45, 2.75) is 26.1 Å². The van der Waals surface area contributed by atoms with E-state index in [4.69, 9.17) is 9.47 Å². The molecule has 1 saturated heterocycles. The molecule has 5 heteroatoms. The van der Waals surface area contributed by atoms with E-state index in [1.807, 2.05) is 37.3 Å². The first-order chi connectivity index (χ1) is 9.09. The Balaban J connectivity index is 1.89. The maximum Gasteiger partial charge on any atom is 0.245 e. The fourth-order valence-corrected chi connectivity index (χ4v) is 1.88. The Morgan fingerprint density at radius 1 is 1.32 bits per heavy atom. The van der Waals surface area contributed by atoms with Gasteiger partial charge in [0.15, 0.2) is 5.79 Å². The molecule has 5 nitrogen and oxygen atoms in total. The number of nitrogens with zero attached hydrogens (tertiary/aromatic N) is 1. The average Bonchev–Trinajstić information content (AvgIpc) is 2.83. The first-order valence-electron chi connectivity index (χ1n) is 6.25. The largest absolute Gasteiger partial charge is 0.347 e. The fourth-order valence-electron chi connectivity index (χ4n) is 1.88. The number of carbonyl (C=O) groups is 1. The molecule has 0 unspecified atom stereocenters. The van der Waals surface area contributed by atoms with Gasteiger partial charge in [-0.1, -0.05) is 30.3 Å². The summed E-state index contributed by atoms with van der Waals surface area (Å²) in [5.41, 5.74) is 4.25. The lowest BCUT2D eigenvalue weighted by Crippen LogP contribution is -2.33. The number of carbonyl (C=O) groups excluding carboxylic acids is 1. The van der Waals surface area contributed by atoms with E-state index >= 15 is 0 Å². The van der Waals surface area contributed by atoms with Crippen LogP contribution in [0.4, 0.5) is 0 Å². The smallest absolute Gasteiger partial charge is 0.245 e. The van der Waals surface area contributed by atoms with E-state index in [1.165, 1.54) is 0 Å². The minimum Gasteiger partial charge on any atom is -0.347 e. The SMILES string of the molecule is C/C(=N/NC(=O)CC1(C)OCCO1)c1ccccc1. The zero-order valence-electron chi connectivity index (χ0n) is 11.2. The standard InChI is InChI=1S/C14H18N2O3/c1-11(12-6-4-3-5-7-12)15-16-13(17)10-14(2)18-8-9-19-14/h3-7H,8-10H2,1-2H3,(H,16,17)/b15-11-. The van der Waals surface area contributed by atoms with Crippen molar-refractivity contribution in [2.24, 2.45) is 5.10 Å². The van der Waals surface area contributed by atoms with Crippen LogP contribution in [0.15, 0.2) is 35.4 Å². The van der Waals surface area contributed by atoms with Crippen LogP contribution in [0.3, 0.4) is 0 Å². The predicted molar refractivity (Wildman–Crippen MR) is 71.7 cm³/mol. The lowest BCUT2D eigenvalue weighted by atomic mass is 10.1. The van der Waals surface area contributed by atoms with Crippen LogP contribution in [0, 0.1) is 0 Å². The number of amides is 1. The molecule has 0 aliphatic carbocycles. The van der Waals surface area contributed by atoms with Crippen molar-refractivity contribution in [3.8, 4) is 0 Å². The molecule has 0 radical (unpaired) electrons.